The van der Waals surface area contributed by atoms with E-state index in [0.29, 0.717) is 29.4 Å². The number of amides is 2. The molecule has 0 saturated carbocycles. The van der Waals surface area contributed by atoms with E-state index in [1.54, 1.807) is 37.4 Å². The molecule has 2 aromatic heterocycles. The summed E-state index contributed by atoms with van der Waals surface area (Å²) in [6.45, 7) is 7.95. The number of anilines is 2. The molecule has 2 heterocycles. The Hall–Kier alpha value is -3.62. The minimum Gasteiger partial charge on any atom is -0.497 e. The smallest absolute Gasteiger partial charge is 0.324 e. The zero-order chi connectivity index (χ0) is 21.9. The molecule has 2 amide bonds. The maximum absolute atomic E-state index is 12.6. The van der Waals surface area contributed by atoms with Crippen LogP contribution in [-0.2, 0) is 11.8 Å². The summed E-state index contributed by atoms with van der Waals surface area (Å²) in [6, 6.07) is 9.74. The molecule has 3 aromatic rings. The maximum Gasteiger partial charge on any atom is 0.324 e. The van der Waals surface area contributed by atoms with E-state index < -0.39 is 6.03 Å². The van der Waals surface area contributed by atoms with E-state index in [1.165, 1.54) is 10.7 Å². The average Bonchev–Trinajstić information content (AvgIpc) is 3.12. The van der Waals surface area contributed by atoms with Crippen molar-refractivity contribution in [2.45, 2.75) is 39.5 Å². The Morgan fingerprint density at radius 2 is 1.87 bits per heavy atom. The Morgan fingerprint density at radius 1 is 1.17 bits per heavy atom. The van der Waals surface area contributed by atoms with E-state index in [9.17, 15) is 9.59 Å². The minimum atomic E-state index is -0.448. The van der Waals surface area contributed by atoms with Crippen LogP contribution in [0.5, 0.6) is 5.75 Å². The van der Waals surface area contributed by atoms with Crippen LogP contribution in [0.4, 0.5) is 16.3 Å². The molecule has 30 heavy (non-hydrogen) atoms. The summed E-state index contributed by atoms with van der Waals surface area (Å²) in [5.41, 5.74) is 1.44. The first-order chi connectivity index (χ1) is 14.2. The summed E-state index contributed by atoms with van der Waals surface area (Å²) in [4.78, 5) is 31.7. The van der Waals surface area contributed by atoms with Crippen LogP contribution < -0.4 is 20.9 Å². The van der Waals surface area contributed by atoms with Gasteiger partial charge in [0.05, 0.1) is 12.8 Å². The molecule has 0 fully saturated rings. The van der Waals surface area contributed by atoms with Gasteiger partial charge >= 0.3 is 6.03 Å². The van der Waals surface area contributed by atoms with Gasteiger partial charge in [0, 0.05) is 28.9 Å². The zero-order valence-electron chi connectivity index (χ0n) is 17.7. The zero-order valence-corrected chi connectivity index (χ0v) is 17.7. The van der Waals surface area contributed by atoms with Crippen LogP contribution in [0.15, 0.2) is 41.2 Å². The largest absolute Gasteiger partial charge is 0.497 e. The Bertz CT molecular complexity index is 1090. The summed E-state index contributed by atoms with van der Waals surface area (Å²) in [5.74, 6) is 1.33. The number of ether oxygens (including phenoxy) is 1. The monoisotopic (exact) mass is 410 g/mol. The number of nitrogens with zero attached hydrogens (tertiary/aromatic N) is 3. The number of rotatable bonds is 5. The van der Waals surface area contributed by atoms with Gasteiger partial charge in [-0.25, -0.2) is 9.78 Å². The van der Waals surface area contributed by atoms with Crippen LogP contribution >= 0.6 is 0 Å². The summed E-state index contributed by atoms with van der Waals surface area (Å²) < 4.78 is 6.56. The van der Waals surface area contributed by atoms with Crippen LogP contribution in [-0.4, -0.2) is 32.9 Å². The number of hydrogen-bond acceptors (Lipinski definition) is 5. The molecule has 0 saturated heterocycles. The van der Waals surface area contributed by atoms with Crippen LogP contribution in [0.1, 0.15) is 39.1 Å². The minimum absolute atomic E-state index is 0.245. The molecule has 0 radical (unpaired) electrons. The fourth-order valence-electron chi connectivity index (χ4n) is 2.73. The molecule has 0 spiro atoms. The number of aromatic amines is 1. The summed E-state index contributed by atoms with van der Waals surface area (Å²) in [6.07, 6.45) is 0.602. The third kappa shape index (κ3) is 4.86. The van der Waals surface area contributed by atoms with Crippen LogP contribution in [0.3, 0.4) is 0 Å². The number of methoxy groups -OCH3 is 1. The molecule has 0 atom stereocenters. The van der Waals surface area contributed by atoms with E-state index >= 15 is 0 Å². The third-order valence-corrected chi connectivity index (χ3v) is 4.41. The quantitative estimate of drug-likeness (QED) is 0.596. The fourth-order valence-corrected chi connectivity index (χ4v) is 2.73. The van der Waals surface area contributed by atoms with Crippen molar-refractivity contribution in [3.63, 3.8) is 0 Å². The number of carbonyl (C=O) groups is 1. The van der Waals surface area contributed by atoms with Gasteiger partial charge < -0.3 is 10.1 Å². The van der Waals surface area contributed by atoms with Crippen molar-refractivity contribution in [3.05, 3.63) is 58.1 Å². The SMILES string of the molecule is CCc1cc(=O)[nH]c(-n2nc(C(C)(C)C)cc2NC(=O)Nc2ccc(OC)cc2)n1. The van der Waals surface area contributed by atoms with Crippen molar-refractivity contribution < 1.29 is 9.53 Å². The number of aromatic nitrogens is 4. The maximum atomic E-state index is 12.6. The molecule has 0 unspecified atom stereocenters. The summed E-state index contributed by atoms with van der Waals surface area (Å²) >= 11 is 0. The average molecular weight is 410 g/mol. The second-order valence-corrected chi connectivity index (χ2v) is 7.80. The molecular weight excluding hydrogens is 384 g/mol. The van der Waals surface area contributed by atoms with Crippen molar-refractivity contribution in [3.8, 4) is 11.7 Å². The number of benzene rings is 1. The first-order valence-corrected chi connectivity index (χ1v) is 9.63. The van der Waals surface area contributed by atoms with Gasteiger partial charge in [0.15, 0.2) is 0 Å². The second-order valence-electron chi connectivity index (χ2n) is 7.80. The first kappa shape index (κ1) is 21.1. The molecule has 9 heteroatoms. The predicted octanol–water partition coefficient (Wildman–Crippen LogP) is 3.47. The highest BCUT2D eigenvalue weighted by Crippen LogP contribution is 2.25. The Morgan fingerprint density at radius 3 is 2.47 bits per heavy atom. The molecule has 3 N–H and O–H groups in total. The molecular formula is C21H26N6O3. The van der Waals surface area contributed by atoms with Gasteiger partial charge in [-0.05, 0) is 30.7 Å². The highest BCUT2D eigenvalue weighted by Gasteiger charge is 2.22. The number of carbonyl (C=O) groups excluding carboxylic acids is 1. The lowest BCUT2D eigenvalue weighted by Crippen LogP contribution is -2.23. The van der Waals surface area contributed by atoms with Crippen LogP contribution in [0, 0.1) is 0 Å². The van der Waals surface area contributed by atoms with Crippen molar-refractivity contribution in [1.82, 2.24) is 19.7 Å². The highest BCUT2D eigenvalue weighted by molar-refractivity contribution is 5.99. The van der Waals surface area contributed by atoms with Gasteiger partial charge in [0.25, 0.3) is 5.56 Å². The molecule has 3 rings (SSSR count). The van der Waals surface area contributed by atoms with Gasteiger partial charge in [0.1, 0.15) is 11.6 Å². The third-order valence-electron chi connectivity index (χ3n) is 4.41. The Labute approximate surface area is 174 Å². The molecule has 1 aromatic carbocycles. The van der Waals surface area contributed by atoms with E-state index in [4.69, 9.17) is 4.74 Å². The Kier molecular flexibility index (Phi) is 5.91. The number of H-pyrrole nitrogens is 1. The molecule has 0 aliphatic heterocycles. The molecule has 0 aliphatic carbocycles. The van der Waals surface area contributed by atoms with Gasteiger partial charge in [-0.2, -0.15) is 9.78 Å². The lowest BCUT2D eigenvalue weighted by Gasteiger charge is -2.13. The number of nitrogens with one attached hydrogen (secondary N) is 3. The fraction of sp³-hybridized carbons (Fsp3) is 0.333. The van der Waals surface area contributed by atoms with Gasteiger partial charge in [-0.15, -0.1) is 0 Å². The molecule has 9 nitrogen and oxygen atoms in total. The van der Waals surface area contributed by atoms with Gasteiger partial charge in [-0.3, -0.25) is 15.1 Å². The van der Waals surface area contributed by atoms with Crippen molar-refractivity contribution >= 4 is 17.5 Å². The van der Waals surface area contributed by atoms with Crippen LogP contribution in [0.25, 0.3) is 5.95 Å². The van der Waals surface area contributed by atoms with Crippen molar-refractivity contribution in [1.29, 1.82) is 0 Å². The normalized spacial score (nSPS) is 11.2. The van der Waals surface area contributed by atoms with Crippen molar-refractivity contribution in [2.24, 2.45) is 0 Å². The molecule has 0 bridgehead atoms. The molecule has 158 valence electrons. The lowest BCUT2D eigenvalue weighted by atomic mass is 9.92. The topological polar surface area (TPSA) is 114 Å². The van der Waals surface area contributed by atoms with Crippen LogP contribution in [0.2, 0.25) is 0 Å². The summed E-state index contributed by atoms with van der Waals surface area (Å²) in [7, 11) is 1.58. The van der Waals surface area contributed by atoms with Gasteiger partial charge in [0.2, 0.25) is 5.95 Å². The predicted molar refractivity (Wildman–Crippen MR) is 116 cm³/mol. The van der Waals surface area contributed by atoms with E-state index in [0.717, 1.165) is 5.69 Å². The standard InChI is InChI=1S/C21H26N6O3/c1-6-13-11-18(28)25-19(22-13)27-17(12-16(26-27)21(2,3)4)24-20(29)23-14-7-9-15(30-5)10-8-14/h7-12H,6H2,1-5H3,(H,22,25,28)(H2,23,24,29). The molecule has 0 aliphatic rings. The number of aryl methyl sites for hydroxylation is 1. The van der Waals surface area contributed by atoms with Crippen molar-refractivity contribution in [2.75, 3.05) is 17.7 Å². The summed E-state index contributed by atoms with van der Waals surface area (Å²) in [5, 5.41) is 10.1. The highest BCUT2D eigenvalue weighted by atomic mass is 16.5. The Balaban J connectivity index is 1.92. The second kappa shape index (κ2) is 8.40. The van der Waals surface area contributed by atoms with Gasteiger partial charge in [-0.1, -0.05) is 27.7 Å². The van der Waals surface area contributed by atoms with E-state index in [1.807, 2.05) is 27.7 Å². The number of hydrogen-bond donors (Lipinski definition) is 3. The number of urea groups is 1. The van der Waals surface area contributed by atoms with E-state index in [-0.39, 0.29) is 16.9 Å². The lowest BCUT2D eigenvalue weighted by molar-refractivity contribution is 0.262. The first-order valence-electron chi connectivity index (χ1n) is 9.63. The van der Waals surface area contributed by atoms with E-state index in [2.05, 4.69) is 25.7 Å².